The Hall–Kier alpha value is -3.24. The second-order valence-electron chi connectivity index (χ2n) is 7.77. The van der Waals surface area contributed by atoms with Gasteiger partial charge >= 0.3 is 6.18 Å². The summed E-state index contributed by atoms with van der Waals surface area (Å²) in [6.45, 7) is 2.55. The molecule has 4 rings (SSSR count). The van der Waals surface area contributed by atoms with Gasteiger partial charge in [0.05, 0.1) is 30.9 Å². The van der Waals surface area contributed by atoms with Gasteiger partial charge in [-0.15, -0.1) is 11.3 Å². The second kappa shape index (κ2) is 10.4. The van der Waals surface area contributed by atoms with Crippen LogP contribution in [-0.2, 0) is 28.7 Å². The van der Waals surface area contributed by atoms with E-state index in [1.807, 2.05) is 0 Å². The molecule has 1 fully saturated rings. The summed E-state index contributed by atoms with van der Waals surface area (Å²) in [7, 11) is 0. The number of thiazole rings is 1. The lowest BCUT2D eigenvalue weighted by atomic mass is 10.1. The van der Waals surface area contributed by atoms with E-state index in [9.17, 15) is 22.8 Å². The number of nitrogens with one attached hydrogen (secondary N) is 1. The van der Waals surface area contributed by atoms with Gasteiger partial charge in [0.25, 0.3) is 5.91 Å². The number of aromatic nitrogens is 1. The Balaban J connectivity index is 1.28. The summed E-state index contributed by atoms with van der Waals surface area (Å²) in [5.74, 6) is -0.260. The van der Waals surface area contributed by atoms with E-state index in [0.717, 1.165) is 17.7 Å². The van der Waals surface area contributed by atoms with E-state index >= 15 is 0 Å². The number of amides is 2. The van der Waals surface area contributed by atoms with Crippen LogP contribution in [0, 0.1) is 0 Å². The summed E-state index contributed by atoms with van der Waals surface area (Å²) in [6, 6.07) is 11.9. The topological polar surface area (TPSA) is 71.5 Å². The van der Waals surface area contributed by atoms with Crippen LogP contribution in [0.15, 0.2) is 53.9 Å². The molecule has 0 unspecified atom stereocenters. The SMILES string of the molecule is O=C(Cc1csc(-c2ccc(C(F)(F)F)cc2)n1)NCc1ccc(C(=O)N2CCOCC2)cc1. The molecule has 0 bridgehead atoms. The number of carbonyl (C=O) groups excluding carboxylic acids is 2. The minimum absolute atomic E-state index is 0.0359. The summed E-state index contributed by atoms with van der Waals surface area (Å²) >= 11 is 1.27. The molecular formula is C24H22F3N3O3S. The van der Waals surface area contributed by atoms with Gasteiger partial charge in [-0.3, -0.25) is 9.59 Å². The standard InChI is InChI=1S/C24H22F3N3O3S/c25-24(26,27)19-7-5-17(6-8-19)22-29-20(15-34-22)13-21(31)28-14-16-1-3-18(4-2-16)23(32)30-9-11-33-12-10-30/h1-8,15H,9-14H2,(H,28,31). The number of ether oxygens (including phenoxy) is 1. The number of halogens is 3. The third-order valence-electron chi connectivity index (χ3n) is 5.34. The molecule has 178 valence electrons. The van der Waals surface area contributed by atoms with Gasteiger partial charge in [-0.1, -0.05) is 24.3 Å². The third-order valence-corrected chi connectivity index (χ3v) is 6.28. The number of carbonyl (C=O) groups is 2. The van der Waals surface area contributed by atoms with Crippen LogP contribution < -0.4 is 5.32 Å². The van der Waals surface area contributed by atoms with Gasteiger partial charge in [0, 0.05) is 36.1 Å². The third kappa shape index (κ3) is 6.00. The molecule has 1 aliphatic heterocycles. The normalized spacial score (nSPS) is 14.1. The summed E-state index contributed by atoms with van der Waals surface area (Å²) in [5.41, 5.74) is 1.84. The summed E-state index contributed by atoms with van der Waals surface area (Å²) in [4.78, 5) is 30.9. The van der Waals surface area contributed by atoms with Crippen LogP contribution in [0.2, 0.25) is 0 Å². The first kappa shape index (κ1) is 23.9. The van der Waals surface area contributed by atoms with Gasteiger partial charge < -0.3 is 15.0 Å². The van der Waals surface area contributed by atoms with Crippen LogP contribution >= 0.6 is 11.3 Å². The van der Waals surface area contributed by atoms with E-state index in [-0.39, 0.29) is 18.2 Å². The maximum absolute atomic E-state index is 12.7. The molecule has 1 N–H and O–H groups in total. The van der Waals surface area contributed by atoms with Crippen molar-refractivity contribution < 1.29 is 27.5 Å². The molecule has 1 saturated heterocycles. The Kier molecular flexibility index (Phi) is 7.28. The first-order valence-corrected chi connectivity index (χ1v) is 11.5. The van der Waals surface area contributed by atoms with E-state index in [1.165, 1.54) is 23.5 Å². The lowest BCUT2D eigenvalue weighted by Gasteiger charge is -2.26. The zero-order valence-corrected chi connectivity index (χ0v) is 18.9. The zero-order valence-electron chi connectivity index (χ0n) is 18.1. The molecule has 3 aromatic rings. The molecule has 2 aromatic carbocycles. The minimum atomic E-state index is -4.39. The van der Waals surface area contributed by atoms with Crippen LogP contribution in [0.5, 0.6) is 0 Å². The van der Waals surface area contributed by atoms with E-state index < -0.39 is 11.7 Å². The molecule has 0 saturated carbocycles. The van der Waals surface area contributed by atoms with Crippen molar-refractivity contribution in [2.45, 2.75) is 19.1 Å². The van der Waals surface area contributed by atoms with Crippen LogP contribution in [-0.4, -0.2) is 48.0 Å². The molecule has 2 heterocycles. The number of hydrogen-bond acceptors (Lipinski definition) is 5. The highest BCUT2D eigenvalue weighted by atomic mass is 32.1. The van der Waals surface area contributed by atoms with E-state index in [2.05, 4.69) is 10.3 Å². The summed E-state index contributed by atoms with van der Waals surface area (Å²) < 4.78 is 43.4. The summed E-state index contributed by atoms with van der Waals surface area (Å²) in [6.07, 6.45) is -4.33. The number of nitrogens with zero attached hydrogens (tertiary/aromatic N) is 2. The van der Waals surface area contributed by atoms with Crippen molar-refractivity contribution in [3.8, 4) is 10.6 Å². The fourth-order valence-corrected chi connectivity index (χ4v) is 4.29. The summed E-state index contributed by atoms with van der Waals surface area (Å²) in [5, 5.41) is 5.10. The predicted octanol–water partition coefficient (Wildman–Crippen LogP) is 4.16. The number of benzene rings is 2. The molecule has 1 aromatic heterocycles. The Morgan fingerprint density at radius 2 is 1.71 bits per heavy atom. The molecule has 2 amide bonds. The lowest BCUT2D eigenvalue weighted by molar-refractivity contribution is -0.137. The molecule has 0 spiro atoms. The van der Waals surface area contributed by atoms with Gasteiger partial charge in [0.2, 0.25) is 5.91 Å². The Bertz CT molecular complexity index is 1140. The molecule has 10 heteroatoms. The van der Waals surface area contributed by atoms with Gasteiger partial charge in [-0.05, 0) is 29.8 Å². The van der Waals surface area contributed by atoms with Gasteiger partial charge in [-0.25, -0.2) is 4.98 Å². The molecule has 6 nitrogen and oxygen atoms in total. The van der Waals surface area contributed by atoms with Gasteiger partial charge in [0.15, 0.2) is 0 Å². The fourth-order valence-electron chi connectivity index (χ4n) is 3.46. The van der Waals surface area contributed by atoms with Crippen LogP contribution in [0.1, 0.15) is 27.2 Å². The molecular weight excluding hydrogens is 467 g/mol. The lowest BCUT2D eigenvalue weighted by Crippen LogP contribution is -2.40. The monoisotopic (exact) mass is 489 g/mol. The van der Waals surface area contributed by atoms with Crippen LogP contribution in [0.3, 0.4) is 0 Å². The Labute approximate surface area is 198 Å². The first-order valence-electron chi connectivity index (χ1n) is 10.6. The van der Waals surface area contributed by atoms with Crippen molar-refractivity contribution in [1.29, 1.82) is 0 Å². The number of hydrogen-bond donors (Lipinski definition) is 1. The minimum Gasteiger partial charge on any atom is -0.378 e. The highest BCUT2D eigenvalue weighted by Crippen LogP contribution is 2.31. The highest BCUT2D eigenvalue weighted by Gasteiger charge is 2.30. The largest absolute Gasteiger partial charge is 0.416 e. The quantitative estimate of drug-likeness (QED) is 0.565. The van der Waals surface area contributed by atoms with Crippen molar-refractivity contribution in [3.63, 3.8) is 0 Å². The first-order chi connectivity index (χ1) is 16.3. The maximum atomic E-state index is 12.7. The van der Waals surface area contributed by atoms with Crippen molar-refractivity contribution in [1.82, 2.24) is 15.2 Å². The maximum Gasteiger partial charge on any atom is 0.416 e. The van der Waals surface area contributed by atoms with Gasteiger partial charge in [-0.2, -0.15) is 13.2 Å². The molecule has 34 heavy (non-hydrogen) atoms. The van der Waals surface area contributed by atoms with E-state index in [1.54, 1.807) is 34.5 Å². The average Bonchev–Trinajstić information content (AvgIpc) is 3.31. The van der Waals surface area contributed by atoms with E-state index in [4.69, 9.17) is 4.74 Å². The fraction of sp³-hybridized carbons (Fsp3) is 0.292. The molecule has 0 radical (unpaired) electrons. The van der Waals surface area contributed by atoms with Crippen molar-refractivity contribution >= 4 is 23.2 Å². The molecule has 1 aliphatic rings. The molecule has 0 aliphatic carbocycles. The Morgan fingerprint density at radius 1 is 1.03 bits per heavy atom. The number of rotatable bonds is 6. The van der Waals surface area contributed by atoms with Crippen LogP contribution in [0.4, 0.5) is 13.2 Å². The number of morpholine rings is 1. The van der Waals surface area contributed by atoms with Gasteiger partial charge in [0.1, 0.15) is 5.01 Å². The van der Waals surface area contributed by atoms with E-state index in [0.29, 0.717) is 54.7 Å². The zero-order chi connectivity index (χ0) is 24.1. The highest BCUT2D eigenvalue weighted by molar-refractivity contribution is 7.13. The smallest absolute Gasteiger partial charge is 0.378 e. The van der Waals surface area contributed by atoms with Crippen molar-refractivity contribution in [2.24, 2.45) is 0 Å². The van der Waals surface area contributed by atoms with Crippen molar-refractivity contribution in [3.05, 3.63) is 76.3 Å². The second-order valence-corrected chi connectivity index (χ2v) is 8.63. The van der Waals surface area contributed by atoms with Crippen LogP contribution in [0.25, 0.3) is 10.6 Å². The molecule has 0 atom stereocenters. The average molecular weight is 490 g/mol. The Morgan fingerprint density at radius 3 is 2.35 bits per heavy atom. The predicted molar refractivity (Wildman–Crippen MR) is 121 cm³/mol. The van der Waals surface area contributed by atoms with Crippen molar-refractivity contribution in [2.75, 3.05) is 26.3 Å². The number of alkyl halides is 3.